The number of carbonyl (C=O) groups is 2. The summed E-state index contributed by atoms with van der Waals surface area (Å²) >= 11 is 18.7. The number of anilines is 2. The van der Waals surface area contributed by atoms with Gasteiger partial charge in [-0.1, -0.05) is 29.8 Å². The molecule has 0 aliphatic heterocycles. The molecule has 1 aliphatic rings. The molecule has 182 valence electrons. The van der Waals surface area contributed by atoms with Gasteiger partial charge in [-0.3, -0.25) is 9.59 Å². The molecule has 0 unspecified atom stereocenters. The second-order valence-electron chi connectivity index (χ2n) is 7.86. The van der Waals surface area contributed by atoms with Crippen molar-refractivity contribution in [2.45, 2.75) is 16.7 Å². The van der Waals surface area contributed by atoms with Crippen LogP contribution in [0.1, 0.15) is 33.8 Å². The van der Waals surface area contributed by atoms with Crippen LogP contribution in [0.5, 0.6) is 0 Å². The molecule has 4 nitrogen and oxygen atoms in total. The van der Waals surface area contributed by atoms with Gasteiger partial charge in [0.2, 0.25) is 5.91 Å². The van der Waals surface area contributed by atoms with Crippen molar-refractivity contribution < 1.29 is 27.2 Å². The first-order valence-corrected chi connectivity index (χ1v) is 11.2. The van der Waals surface area contributed by atoms with Crippen LogP contribution in [0.4, 0.5) is 28.9 Å². The standard InChI is InChI=1S/C24H15Cl3F4N2O2/c25-16-6-5-14(10-15(16)22(34)33-18-7-4-13(28)9-17(18)29)32-23(35)20-19(24(20,26)27)11-2-1-3-12(8-11)21(30)31/h1-10,19-21H,(H,32,35)(H,33,34)/t19-,20+/m1/s1. The molecule has 0 heterocycles. The van der Waals surface area contributed by atoms with E-state index in [4.69, 9.17) is 34.8 Å². The highest BCUT2D eigenvalue weighted by molar-refractivity contribution is 6.53. The van der Waals surface area contributed by atoms with Gasteiger partial charge in [0, 0.05) is 23.2 Å². The van der Waals surface area contributed by atoms with Gasteiger partial charge in [0.05, 0.1) is 22.2 Å². The summed E-state index contributed by atoms with van der Waals surface area (Å²) in [7, 11) is 0. The minimum absolute atomic E-state index is 0.0140. The van der Waals surface area contributed by atoms with E-state index in [2.05, 4.69) is 10.6 Å². The number of halogens is 7. The third-order valence-electron chi connectivity index (χ3n) is 5.52. The van der Waals surface area contributed by atoms with E-state index in [0.29, 0.717) is 11.6 Å². The van der Waals surface area contributed by atoms with Crippen LogP contribution in [0.3, 0.4) is 0 Å². The van der Waals surface area contributed by atoms with Gasteiger partial charge in [0.1, 0.15) is 16.0 Å². The zero-order chi connectivity index (χ0) is 25.5. The second-order valence-corrected chi connectivity index (χ2v) is 9.71. The molecule has 0 radical (unpaired) electrons. The Bertz CT molecular complexity index is 1320. The maximum absolute atomic E-state index is 13.9. The van der Waals surface area contributed by atoms with E-state index in [1.165, 1.54) is 36.4 Å². The molecule has 35 heavy (non-hydrogen) atoms. The number of amides is 2. The van der Waals surface area contributed by atoms with Crippen LogP contribution in [0, 0.1) is 17.6 Å². The number of hydrogen-bond donors (Lipinski definition) is 2. The third-order valence-corrected chi connectivity index (χ3v) is 6.79. The molecule has 11 heteroatoms. The van der Waals surface area contributed by atoms with Gasteiger partial charge in [0.15, 0.2) is 0 Å². The van der Waals surface area contributed by atoms with Crippen LogP contribution in [-0.4, -0.2) is 16.1 Å². The lowest BCUT2D eigenvalue weighted by atomic mass is 10.1. The van der Waals surface area contributed by atoms with Crippen molar-refractivity contribution in [3.8, 4) is 0 Å². The molecule has 0 spiro atoms. The molecule has 2 N–H and O–H groups in total. The van der Waals surface area contributed by atoms with Crippen molar-refractivity contribution in [2.24, 2.45) is 5.92 Å². The van der Waals surface area contributed by atoms with E-state index in [1.54, 1.807) is 6.07 Å². The van der Waals surface area contributed by atoms with Crippen LogP contribution in [0.2, 0.25) is 5.02 Å². The lowest BCUT2D eigenvalue weighted by Crippen LogP contribution is -2.18. The van der Waals surface area contributed by atoms with Crippen molar-refractivity contribution >= 4 is 58.0 Å². The number of carbonyl (C=O) groups excluding carboxylic acids is 2. The Labute approximate surface area is 212 Å². The fraction of sp³-hybridized carbons (Fsp3) is 0.167. The molecule has 2 amide bonds. The van der Waals surface area contributed by atoms with Crippen LogP contribution in [-0.2, 0) is 4.79 Å². The van der Waals surface area contributed by atoms with Crippen molar-refractivity contribution in [2.75, 3.05) is 10.6 Å². The van der Waals surface area contributed by atoms with Crippen LogP contribution < -0.4 is 10.6 Å². The molecular formula is C24H15Cl3F4N2O2. The zero-order valence-electron chi connectivity index (χ0n) is 17.5. The third kappa shape index (κ3) is 5.24. The van der Waals surface area contributed by atoms with Crippen LogP contribution in [0.15, 0.2) is 60.7 Å². The number of rotatable bonds is 6. The highest BCUT2D eigenvalue weighted by Gasteiger charge is 2.67. The number of alkyl halides is 4. The maximum atomic E-state index is 13.9. The first-order chi connectivity index (χ1) is 16.5. The lowest BCUT2D eigenvalue weighted by Gasteiger charge is -2.11. The summed E-state index contributed by atoms with van der Waals surface area (Å²) in [6.45, 7) is 0. The van der Waals surface area contributed by atoms with Crippen molar-refractivity contribution in [3.63, 3.8) is 0 Å². The summed E-state index contributed by atoms with van der Waals surface area (Å²) in [6, 6.07) is 12.2. The molecule has 0 bridgehead atoms. The van der Waals surface area contributed by atoms with E-state index in [1.807, 2.05) is 0 Å². The Morgan fingerprint density at radius 2 is 1.69 bits per heavy atom. The average molecular weight is 546 g/mol. The van der Waals surface area contributed by atoms with Crippen molar-refractivity contribution in [1.82, 2.24) is 0 Å². The highest BCUT2D eigenvalue weighted by atomic mass is 35.5. The molecule has 1 fully saturated rings. The summed E-state index contributed by atoms with van der Waals surface area (Å²) in [5, 5.41) is 4.88. The molecule has 3 aromatic rings. The smallest absolute Gasteiger partial charge is 0.263 e. The molecule has 2 atom stereocenters. The predicted molar refractivity (Wildman–Crippen MR) is 126 cm³/mol. The Balaban J connectivity index is 1.51. The van der Waals surface area contributed by atoms with Crippen LogP contribution >= 0.6 is 34.8 Å². The fourth-order valence-corrected chi connectivity index (χ4v) is 4.76. The van der Waals surface area contributed by atoms with E-state index >= 15 is 0 Å². The SMILES string of the molecule is O=C(Nc1ccc(F)cc1F)c1cc(NC(=O)[C@@H]2[C@@H](c3cccc(C(F)F)c3)C2(Cl)Cl)ccc1Cl. The summed E-state index contributed by atoms with van der Waals surface area (Å²) in [4.78, 5) is 25.5. The van der Waals surface area contributed by atoms with Gasteiger partial charge in [-0.15, -0.1) is 23.2 Å². The lowest BCUT2D eigenvalue weighted by molar-refractivity contribution is -0.117. The molecular weight excluding hydrogens is 531 g/mol. The molecule has 3 aromatic carbocycles. The normalized spacial score (nSPS) is 18.3. The molecule has 0 saturated heterocycles. The van der Waals surface area contributed by atoms with Crippen molar-refractivity contribution in [1.29, 1.82) is 0 Å². The van der Waals surface area contributed by atoms with E-state index < -0.39 is 46.0 Å². The van der Waals surface area contributed by atoms with E-state index in [0.717, 1.165) is 12.1 Å². The molecule has 1 saturated carbocycles. The number of hydrogen-bond acceptors (Lipinski definition) is 2. The van der Waals surface area contributed by atoms with Gasteiger partial charge >= 0.3 is 0 Å². The first-order valence-electron chi connectivity index (χ1n) is 10.1. The number of benzene rings is 3. The monoisotopic (exact) mass is 544 g/mol. The largest absolute Gasteiger partial charge is 0.326 e. The Hall–Kier alpha value is -2.81. The Morgan fingerprint density at radius 3 is 2.37 bits per heavy atom. The van der Waals surface area contributed by atoms with Gasteiger partial charge in [-0.25, -0.2) is 17.6 Å². The maximum Gasteiger partial charge on any atom is 0.263 e. The zero-order valence-corrected chi connectivity index (χ0v) is 19.7. The summed E-state index contributed by atoms with van der Waals surface area (Å²) in [5.41, 5.74) is -0.00895. The summed E-state index contributed by atoms with van der Waals surface area (Å²) in [5.74, 6) is -4.84. The molecule has 0 aromatic heterocycles. The Kier molecular flexibility index (Phi) is 6.99. The van der Waals surface area contributed by atoms with Gasteiger partial charge < -0.3 is 10.6 Å². The van der Waals surface area contributed by atoms with Gasteiger partial charge in [-0.05, 0) is 42.0 Å². The minimum atomic E-state index is -2.69. The van der Waals surface area contributed by atoms with Crippen LogP contribution in [0.25, 0.3) is 0 Å². The van der Waals surface area contributed by atoms with Gasteiger partial charge in [0.25, 0.3) is 12.3 Å². The fourth-order valence-electron chi connectivity index (χ4n) is 3.73. The van der Waals surface area contributed by atoms with E-state index in [9.17, 15) is 27.2 Å². The topological polar surface area (TPSA) is 58.2 Å². The number of nitrogens with one attached hydrogen (secondary N) is 2. The minimum Gasteiger partial charge on any atom is -0.326 e. The molecule has 1 aliphatic carbocycles. The van der Waals surface area contributed by atoms with Gasteiger partial charge in [-0.2, -0.15) is 0 Å². The van der Waals surface area contributed by atoms with Crippen molar-refractivity contribution in [3.05, 3.63) is 94.0 Å². The predicted octanol–water partition coefficient (Wildman–Crippen LogP) is 7.33. The average Bonchev–Trinajstić information content (AvgIpc) is 3.39. The Morgan fingerprint density at radius 1 is 0.943 bits per heavy atom. The highest BCUT2D eigenvalue weighted by Crippen LogP contribution is 2.65. The molecule has 4 rings (SSSR count). The second kappa shape index (κ2) is 9.68. The van der Waals surface area contributed by atoms with E-state index in [-0.39, 0.29) is 27.5 Å². The quantitative estimate of drug-likeness (QED) is 0.252. The first kappa shape index (κ1) is 25.3. The summed E-state index contributed by atoms with van der Waals surface area (Å²) < 4.78 is 51.6. The summed E-state index contributed by atoms with van der Waals surface area (Å²) in [6.07, 6.45) is -2.69.